The predicted octanol–water partition coefficient (Wildman–Crippen LogP) is 3.10. The van der Waals surface area contributed by atoms with Gasteiger partial charge in [0, 0.05) is 31.5 Å². The zero-order valence-corrected chi connectivity index (χ0v) is 17.5. The van der Waals surface area contributed by atoms with Gasteiger partial charge in [0.15, 0.2) is 0 Å². The number of carbonyl (C=O) groups excluding carboxylic acids is 1. The molecule has 0 spiro atoms. The maximum atomic E-state index is 12.6. The average Bonchev–Trinajstić information content (AvgIpc) is 3.32. The van der Waals surface area contributed by atoms with E-state index in [0.29, 0.717) is 40.9 Å². The molecule has 1 amide bonds. The highest BCUT2D eigenvalue weighted by molar-refractivity contribution is 7.93. The number of sulfonamides is 1. The molecule has 1 fully saturated rings. The lowest BCUT2D eigenvalue weighted by atomic mass is 10.2. The number of anilines is 1. The number of carbonyl (C=O) groups is 1. The van der Waals surface area contributed by atoms with Crippen molar-refractivity contribution in [2.45, 2.75) is 37.5 Å². The van der Waals surface area contributed by atoms with Gasteiger partial charge in [-0.2, -0.15) is 0 Å². The summed E-state index contributed by atoms with van der Waals surface area (Å²) in [5.41, 5.74) is 0.479. The van der Waals surface area contributed by atoms with Crippen molar-refractivity contribution in [2.24, 2.45) is 5.92 Å². The van der Waals surface area contributed by atoms with Crippen LogP contribution in [-0.2, 0) is 21.2 Å². The standard InChI is InChI=1S/C17H21ClN4O3S2/c1-11-13(18)4-3-5-14(11)27(24,25)21-17-20-19-15(26-17)8-9-22(2)16(23)10-12-6-7-12/h3-5,12H,6-10H2,1-2H3,(H,20,21). The fraction of sp³-hybridized carbons (Fsp3) is 0.471. The molecule has 146 valence electrons. The smallest absolute Gasteiger partial charge is 0.264 e. The minimum absolute atomic E-state index is 0.108. The Morgan fingerprint density at radius 2 is 2.11 bits per heavy atom. The third-order valence-electron chi connectivity index (χ3n) is 4.44. The van der Waals surface area contributed by atoms with E-state index in [1.165, 1.54) is 6.07 Å². The SMILES string of the molecule is Cc1c(Cl)cccc1S(=O)(=O)Nc1nnc(CCN(C)C(=O)CC2CC2)s1. The van der Waals surface area contributed by atoms with Crippen molar-refractivity contribution in [3.63, 3.8) is 0 Å². The lowest BCUT2D eigenvalue weighted by Gasteiger charge is -2.15. The fourth-order valence-corrected chi connectivity index (χ4v) is 5.02. The Bertz CT molecular complexity index is 941. The number of nitrogens with one attached hydrogen (secondary N) is 1. The van der Waals surface area contributed by atoms with Gasteiger partial charge in [0.05, 0.1) is 4.90 Å². The molecule has 0 unspecified atom stereocenters. The summed E-state index contributed by atoms with van der Waals surface area (Å²) in [7, 11) is -2.02. The molecule has 0 radical (unpaired) electrons. The van der Waals surface area contributed by atoms with E-state index in [9.17, 15) is 13.2 Å². The van der Waals surface area contributed by atoms with Gasteiger partial charge in [0.2, 0.25) is 11.0 Å². The van der Waals surface area contributed by atoms with E-state index in [1.54, 1.807) is 31.0 Å². The molecular weight excluding hydrogens is 408 g/mol. The quantitative estimate of drug-likeness (QED) is 0.697. The molecule has 1 aromatic carbocycles. The van der Waals surface area contributed by atoms with Gasteiger partial charge >= 0.3 is 0 Å². The minimum Gasteiger partial charge on any atom is -0.345 e. The van der Waals surface area contributed by atoms with E-state index >= 15 is 0 Å². The highest BCUT2D eigenvalue weighted by Crippen LogP contribution is 2.32. The summed E-state index contributed by atoms with van der Waals surface area (Å²) < 4.78 is 27.6. The zero-order chi connectivity index (χ0) is 19.6. The van der Waals surface area contributed by atoms with Crippen LogP contribution in [0, 0.1) is 12.8 Å². The highest BCUT2D eigenvalue weighted by atomic mass is 35.5. The zero-order valence-electron chi connectivity index (χ0n) is 15.1. The van der Waals surface area contributed by atoms with Crippen molar-refractivity contribution >= 4 is 44.0 Å². The van der Waals surface area contributed by atoms with Crippen LogP contribution in [0.15, 0.2) is 23.1 Å². The van der Waals surface area contributed by atoms with Crippen LogP contribution in [-0.4, -0.2) is 43.0 Å². The molecule has 1 aliphatic rings. The molecule has 1 saturated carbocycles. The normalized spacial score (nSPS) is 14.2. The third-order valence-corrected chi connectivity index (χ3v) is 7.36. The van der Waals surface area contributed by atoms with E-state index in [-0.39, 0.29) is 15.9 Å². The van der Waals surface area contributed by atoms with Crippen LogP contribution in [0.2, 0.25) is 5.02 Å². The molecule has 1 N–H and O–H groups in total. The second kappa shape index (κ2) is 8.12. The van der Waals surface area contributed by atoms with E-state index in [1.807, 2.05) is 0 Å². The summed E-state index contributed by atoms with van der Waals surface area (Å²) in [5, 5.41) is 9.16. The number of benzene rings is 1. The van der Waals surface area contributed by atoms with Crippen LogP contribution in [0.5, 0.6) is 0 Å². The van der Waals surface area contributed by atoms with Gasteiger partial charge in [-0.1, -0.05) is 29.0 Å². The van der Waals surface area contributed by atoms with E-state index < -0.39 is 10.0 Å². The Hall–Kier alpha value is -1.71. The second-order valence-corrected chi connectivity index (χ2v) is 9.80. The largest absolute Gasteiger partial charge is 0.345 e. The average molecular weight is 429 g/mol. The number of hydrogen-bond donors (Lipinski definition) is 1. The molecule has 0 saturated heterocycles. The number of amides is 1. The van der Waals surface area contributed by atoms with Gasteiger partial charge in [-0.05, 0) is 43.4 Å². The van der Waals surface area contributed by atoms with Crippen LogP contribution in [0.4, 0.5) is 5.13 Å². The van der Waals surface area contributed by atoms with Crippen LogP contribution < -0.4 is 4.72 Å². The van der Waals surface area contributed by atoms with E-state index in [4.69, 9.17) is 11.6 Å². The van der Waals surface area contributed by atoms with Crippen molar-refractivity contribution in [3.8, 4) is 0 Å². The number of hydrogen-bond acceptors (Lipinski definition) is 6. The molecule has 3 rings (SSSR count). The van der Waals surface area contributed by atoms with Gasteiger partial charge in [0.25, 0.3) is 10.0 Å². The molecular formula is C17H21ClN4O3S2. The number of halogens is 1. The minimum atomic E-state index is -3.80. The van der Waals surface area contributed by atoms with Crippen molar-refractivity contribution < 1.29 is 13.2 Å². The maximum Gasteiger partial charge on any atom is 0.264 e. The summed E-state index contributed by atoms with van der Waals surface area (Å²) in [6, 6.07) is 4.72. The summed E-state index contributed by atoms with van der Waals surface area (Å²) in [6.07, 6.45) is 3.43. The van der Waals surface area contributed by atoms with Crippen molar-refractivity contribution in [3.05, 3.63) is 33.8 Å². The number of likely N-dealkylation sites (N-methyl/N-ethyl adjacent to an activating group) is 1. The summed E-state index contributed by atoms with van der Waals surface area (Å²) in [6.45, 7) is 2.18. The number of rotatable bonds is 8. The molecule has 0 atom stereocenters. The molecule has 0 bridgehead atoms. The van der Waals surface area contributed by atoms with Crippen molar-refractivity contribution in [1.82, 2.24) is 15.1 Å². The Labute approximate surface area is 167 Å². The van der Waals surface area contributed by atoms with Gasteiger partial charge in [-0.15, -0.1) is 10.2 Å². The maximum absolute atomic E-state index is 12.6. The Kier molecular flexibility index (Phi) is 6.02. The molecule has 10 heteroatoms. The Morgan fingerprint density at radius 1 is 1.37 bits per heavy atom. The van der Waals surface area contributed by atoms with Gasteiger partial charge in [-0.25, -0.2) is 8.42 Å². The van der Waals surface area contributed by atoms with Gasteiger partial charge in [0.1, 0.15) is 5.01 Å². The first kappa shape index (κ1) is 20.0. The van der Waals surface area contributed by atoms with Gasteiger partial charge in [-0.3, -0.25) is 9.52 Å². The first-order valence-corrected chi connectivity index (χ1v) is 11.3. The van der Waals surface area contributed by atoms with Crippen LogP contribution in [0.25, 0.3) is 0 Å². The molecule has 1 heterocycles. The lowest BCUT2D eigenvalue weighted by molar-refractivity contribution is -0.130. The molecule has 27 heavy (non-hydrogen) atoms. The molecule has 2 aromatic rings. The molecule has 1 aliphatic carbocycles. The van der Waals surface area contributed by atoms with Crippen LogP contribution in [0.3, 0.4) is 0 Å². The topological polar surface area (TPSA) is 92.3 Å². The first-order valence-electron chi connectivity index (χ1n) is 8.60. The summed E-state index contributed by atoms with van der Waals surface area (Å²) in [5.74, 6) is 0.691. The Morgan fingerprint density at radius 3 is 2.81 bits per heavy atom. The van der Waals surface area contributed by atoms with Crippen LogP contribution in [0.1, 0.15) is 29.8 Å². The number of nitrogens with zero attached hydrogens (tertiary/aromatic N) is 3. The predicted molar refractivity (Wildman–Crippen MR) is 106 cm³/mol. The van der Waals surface area contributed by atoms with Crippen LogP contribution >= 0.6 is 22.9 Å². The molecule has 1 aromatic heterocycles. The summed E-state index contributed by atoms with van der Waals surface area (Å²) in [4.78, 5) is 13.8. The molecule has 0 aliphatic heterocycles. The second-order valence-electron chi connectivity index (χ2n) is 6.68. The highest BCUT2D eigenvalue weighted by Gasteiger charge is 2.26. The van der Waals surface area contributed by atoms with Gasteiger partial charge < -0.3 is 4.90 Å². The summed E-state index contributed by atoms with van der Waals surface area (Å²) >= 11 is 7.17. The third kappa shape index (κ3) is 5.18. The number of aromatic nitrogens is 2. The van der Waals surface area contributed by atoms with E-state index in [2.05, 4.69) is 14.9 Å². The molecule has 7 nitrogen and oxygen atoms in total. The van der Waals surface area contributed by atoms with Crippen molar-refractivity contribution in [1.29, 1.82) is 0 Å². The monoisotopic (exact) mass is 428 g/mol. The van der Waals surface area contributed by atoms with E-state index in [0.717, 1.165) is 24.2 Å². The van der Waals surface area contributed by atoms with Crippen molar-refractivity contribution in [2.75, 3.05) is 18.3 Å². The first-order chi connectivity index (χ1) is 12.8. The fourth-order valence-electron chi connectivity index (χ4n) is 2.56. The Balaban J connectivity index is 1.60. The lowest BCUT2D eigenvalue weighted by Crippen LogP contribution is -2.28.